The molecule has 164 valence electrons. The lowest BCUT2D eigenvalue weighted by molar-refractivity contribution is 0.0729. The van der Waals surface area contributed by atoms with Crippen LogP contribution in [-0.4, -0.2) is 18.1 Å². The molecule has 1 heterocycles. The Kier molecular flexibility index (Phi) is 7.13. The van der Waals surface area contributed by atoms with E-state index in [-0.39, 0.29) is 0 Å². The number of hydrogen-bond acceptors (Lipinski definition) is 5. The molecule has 0 spiro atoms. The average Bonchev–Trinajstić information content (AvgIpc) is 2.88. The Balaban J connectivity index is 1.39. The van der Waals surface area contributed by atoms with Crippen molar-refractivity contribution in [2.24, 2.45) is 0 Å². The van der Waals surface area contributed by atoms with Gasteiger partial charge in [-0.25, -0.2) is 4.79 Å². The largest absolute Gasteiger partial charge is 0.493 e. The molecule has 0 atom stereocenters. The van der Waals surface area contributed by atoms with Gasteiger partial charge in [0.25, 0.3) is 0 Å². The van der Waals surface area contributed by atoms with Crippen LogP contribution in [0.25, 0.3) is 12.2 Å². The number of aromatic nitrogens is 1. The van der Waals surface area contributed by atoms with Gasteiger partial charge in [0, 0.05) is 6.20 Å². The third-order valence-electron chi connectivity index (χ3n) is 4.86. The minimum Gasteiger partial charge on any atom is -0.493 e. The van der Waals surface area contributed by atoms with Gasteiger partial charge in [-0.3, -0.25) is 4.98 Å². The fourth-order valence-corrected chi connectivity index (χ4v) is 3.12. The molecule has 0 saturated carbocycles. The number of esters is 1. The summed E-state index contributed by atoms with van der Waals surface area (Å²) in [5.74, 6) is 1.02. The van der Waals surface area contributed by atoms with Gasteiger partial charge in [0.2, 0.25) is 0 Å². The van der Waals surface area contributed by atoms with Crippen molar-refractivity contribution in [1.29, 1.82) is 0 Å². The maximum atomic E-state index is 12.6. The van der Waals surface area contributed by atoms with Crippen molar-refractivity contribution >= 4 is 18.1 Å². The van der Waals surface area contributed by atoms with Gasteiger partial charge in [0.15, 0.2) is 11.5 Å². The number of ether oxygens (including phenoxy) is 3. The molecule has 33 heavy (non-hydrogen) atoms. The summed E-state index contributed by atoms with van der Waals surface area (Å²) in [5, 5.41) is 0. The highest BCUT2D eigenvalue weighted by atomic mass is 16.6. The first-order chi connectivity index (χ1) is 16.2. The van der Waals surface area contributed by atoms with E-state index in [1.54, 1.807) is 36.5 Å². The molecule has 0 aliphatic heterocycles. The van der Waals surface area contributed by atoms with Crippen LogP contribution in [0, 0.1) is 0 Å². The Hall–Kier alpha value is -4.38. The van der Waals surface area contributed by atoms with Crippen molar-refractivity contribution in [3.63, 3.8) is 0 Å². The van der Waals surface area contributed by atoms with Crippen molar-refractivity contribution < 1.29 is 19.0 Å². The molecule has 0 bridgehead atoms. The topological polar surface area (TPSA) is 57.7 Å². The fourth-order valence-electron chi connectivity index (χ4n) is 3.12. The van der Waals surface area contributed by atoms with Crippen LogP contribution < -0.4 is 14.2 Å². The smallest absolute Gasteiger partial charge is 0.343 e. The van der Waals surface area contributed by atoms with E-state index in [0.29, 0.717) is 29.4 Å². The molecule has 1 aromatic heterocycles. The predicted octanol–water partition coefficient (Wildman–Crippen LogP) is 6.06. The zero-order chi connectivity index (χ0) is 22.9. The summed E-state index contributed by atoms with van der Waals surface area (Å²) in [7, 11) is 1.54. The normalized spacial score (nSPS) is 10.7. The summed E-state index contributed by atoms with van der Waals surface area (Å²) in [4.78, 5) is 16.9. The molecule has 4 aromatic rings. The highest BCUT2D eigenvalue weighted by molar-refractivity contribution is 5.91. The zero-order valence-corrected chi connectivity index (χ0v) is 18.2. The SMILES string of the molecule is COc1cc(/C=C/c2ccccn2)ccc1OC(=O)c1ccc(OCc2ccccc2)cc1. The van der Waals surface area contributed by atoms with Crippen LogP contribution in [0.15, 0.2) is 97.2 Å². The van der Waals surface area contributed by atoms with Crippen LogP contribution in [0.4, 0.5) is 0 Å². The summed E-state index contributed by atoms with van der Waals surface area (Å²) in [5.41, 5.74) is 3.25. The number of pyridine rings is 1. The lowest BCUT2D eigenvalue weighted by Gasteiger charge is -2.11. The van der Waals surface area contributed by atoms with E-state index in [0.717, 1.165) is 16.8 Å². The van der Waals surface area contributed by atoms with Gasteiger partial charge in [0.1, 0.15) is 12.4 Å². The first-order valence-corrected chi connectivity index (χ1v) is 10.5. The molecular formula is C28H23NO4. The number of rotatable bonds is 8. The van der Waals surface area contributed by atoms with Gasteiger partial charge in [-0.05, 0) is 65.7 Å². The fraction of sp³-hybridized carbons (Fsp3) is 0.0714. The average molecular weight is 437 g/mol. The maximum Gasteiger partial charge on any atom is 0.343 e. The number of hydrogen-bond donors (Lipinski definition) is 0. The van der Waals surface area contributed by atoms with Crippen molar-refractivity contribution in [3.05, 3.63) is 120 Å². The minimum atomic E-state index is -0.473. The van der Waals surface area contributed by atoms with E-state index in [1.807, 2.05) is 72.8 Å². The minimum absolute atomic E-state index is 0.349. The van der Waals surface area contributed by atoms with Crippen LogP contribution in [0.5, 0.6) is 17.2 Å². The third kappa shape index (κ3) is 6.08. The summed E-state index contributed by atoms with van der Waals surface area (Å²) < 4.78 is 16.8. The molecule has 0 N–H and O–H groups in total. The second-order valence-electron chi connectivity index (χ2n) is 7.19. The van der Waals surface area contributed by atoms with E-state index in [1.165, 1.54) is 7.11 Å². The quantitative estimate of drug-likeness (QED) is 0.248. The number of nitrogens with zero attached hydrogens (tertiary/aromatic N) is 1. The first kappa shape index (κ1) is 21.8. The van der Waals surface area contributed by atoms with Crippen LogP contribution in [-0.2, 0) is 6.61 Å². The van der Waals surface area contributed by atoms with Crippen molar-refractivity contribution in [1.82, 2.24) is 4.98 Å². The second-order valence-corrected chi connectivity index (χ2v) is 7.19. The van der Waals surface area contributed by atoms with Crippen LogP contribution in [0.2, 0.25) is 0 Å². The molecule has 0 aliphatic carbocycles. The van der Waals surface area contributed by atoms with Crippen molar-refractivity contribution in [2.45, 2.75) is 6.61 Å². The molecule has 0 unspecified atom stereocenters. The Morgan fingerprint density at radius 2 is 1.64 bits per heavy atom. The molecule has 0 fully saturated rings. The standard InChI is InChI=1S/C28H23NO4/c1-31-27-19-21(10-14-24-9-5-6-18-29-24)11-17-26(27)33-28(30)23-12-15-25(16-13-23)32-20-22-7-3-2-4-8-22/h2-19H,20H2,1H3/b14-10+. The van der Waals surface area contributed by atoms with Gasteiger partial charge >= 0.3 is 5.97 Å². The van der Waals surface area contributed by atoms with E-state index in [4.69, 9.17) is 14.2 Å². The van der Waals surface area contributed by atoms with E-state index in [9.17, 15) is 4.79 Å². The number of methoxy groups -OCH3 is 1. The second kappa shape index (κ2) is 10.8. The molecule has 5 nitrogen and oxygen atoms in total. The van der Waals surface area contributed by atoms with Gasteiger partial charge in [-0.1, -0.05) is 48.5 Å². The highest BCUT2D eigenvalue weighted by Crippen LogP contribution is 2.29. The van der Waals surface area contributed by atoms with Crippen molar-refractivity contribution in [3.8, 4) is 17.2 Å². The molecule has 3 aromatic carbocycles. The lowest BCUT2D eigenvalue weighted by Crippen LogP contribution is -2.09. The molecule has 0 saturated heterocycles. The predicted molar refractivity (Wildman–Crippen MR) is 128 cm³/mol. The molecule has 5 heteroatoms. The van der Waals surface area contributed by atoms with E-state index >= 15 is 0 Å². The zero-order valence-electron chi connectivity index (χ0n) is 18.2. The van der Waals surface area contributed by atoms with Gasteiger partial charge in [-0.15, -0.1) is 0 Å². The molecule has 4 rings (SSSR count). The Morgan fingerprint density at radius 3 is 2.36 bits per heavy atom. The highest BCUT2D eigenvalue weighted by Gasteiger charge is 2.13. The molecule has 0 radical (unpaired) electrons. The number of carbonyl (C=O) groups excluding carboxylic acids is 1. The molecule has 0 amide bonds. The lowest BCUT2D eigenvalue weighted by atomic mass is 10.1. The van der Waals surface area contributed by atoms with Crippen LogP contribution in [0.3, 0.4) is 0 Å². The third-order valence-corrected chi connectivity index (χ3v) is 4.86. The first-order valence-electron chi connectivity index (χ1n) is 10.5. The number of benzene rings is 3. The van der Waals surface area contributed by atoms with Gasteiger partial charge < -0.3 is 14.2 Å². The number of carbonyl (C=O) groups is 1. The van der Waals surface area contributed by atoms with E-state index in [2.05, 4.69) is 4.98 Å². The van der Waals surface area contributed by atoms with Gasteiger partial charge in [-0.2, -0.15) is 0 Å². The monoisotopic (exact) mass is 437 g/mol. The van der Waals surface area contributed by atoms with Crippen LogP contribution >= 0.6 is 0 Å². The van der Waals surface area contributed by atoms with E-state index < -0.39 is 5.97 Å². The summed E-state index contributed by atoms with van der Waals surface area (Å²) in [6, 6.07) is 27.9. The van der Waals surface area contributed by atoms with Crippen molar-refractivity contribution in [2.75, 3.05) is 7.11 Å². The van der Waals surface area contributed by atoms with Gasteiger partial charge in [0.05, 0.1) is 18.4 Å². The summed E-state index contributed by atoms with van der Waals surface area (Å²) >= 11 is 0. The Labute approximate surface area is 192 Å². The Bertz CT molecular complexity index is 1220. The van der Waals surface area contributed by atoms with Crippen LogP contribution in [0.1, 0.15) is 27.2 Å². The summed E-state index contributed by atoms with van der Waals surface area (Å²) in [6.45, 7) is 0.461. The molecular weight excluding hydrogens is 414 g/mol. The Morgan fingerprint density at radius 1 is 0.848 bits per heavy atom. The molecule has 0 aliphatic rings. The summed E-state index contributed by atoms with van der Waals surface area (Å²) in [6.07, 6.45) is 5.57. The maximum absolute atomic E-state index is 12.6.